The number of hydrogen-bond donors (Lipinski definition) is 1. The van der Waals surface area contributed by atoms with Crippen LogP contribution in [-0.4, -0.2) is 47.5 Å². The highest BCUT2D eigenvalue weighted by Crippen LogP contribution is 2.26. The molecule has 1 N–H and O–H groups in total. The van der Waals surface area contributed by atoms with Gasteiger partial charge in [-0.3, -0.25) is 4.79 Å². The van der Waals surface area contributed by atoms with Crippen molar-refractivity contribution in [2.75, 3.05) is 31.7 Å². The van der Waals surface area contributed by atoms with Gasteiger partial charge in [0.05, 0.1) is 24.9 Å². The number of aromatic nitrogens is 2. The number of rotatable bonds is 2. The number of morpholine rings is 1. The van der Waals surface area contributed by atoms with E-state index in [0.717, 1.165) is 11.7 Å². The molecule has 1 aliphatic rings. The Bertz CT molecular complexity index is 386. The molecule has 2 rings (SSSR count). The second kappa shape index (κ2) is 4.94. The highest BCUT2D eigenvalue weighted by molar-refractivity contribution is 6.99. The number of carbonyl (C=O) groups is 1. The summed E-state index contributed by atoms with van der Waals surface area (Å²) >= 11 is 6.94. The van der Waals surface area contributed by atoms with E-state index in [2.05, 4.69) is 14.1 Å². The number of ether oxygens (including phenoxy) is 1. The summed E-state index contributed by atoms with van der Waals surface area (Å²) in [5, 5.41) is 2.93. The summed E-state index contributed by atoms with van der Waals surface area (Å²) in [6.45, 7) is 1.48. The number of nitrogens with one attached hydrogen (secondary N) is 1. The van der Waals surface area contributed by atoms with Crippen LogP contribution in [0.4, 0.5) is 5.82 Å². The zero-order chi connectivity index (χ0) is 11.5. The Morgan fingerprint density at radius 2 is 2.50 bits per heavy atom. The summed E-state index contributed by atoms with van der Waals surface area (Å²) in [6, 6.07) is -0.389. The maximum Gasteiger partial charge on any atom is 0.244 e. The van der Waals surface area contributed by atoms with Crippen LogP contribution in [0.1, 0.15) is 0 Å². The van der Waals surface area contributed by atoms with E-state index in [-0.39, 0.29) is 11.9 Å². The molecule has 0 saturated carbocycles. The number of carbonyl (C=O) groups excluding carboxylic acids is 1. The molecule has 1 saturated heterocycles. The molecule has 0 radical (unpaired) electrons. The van der Waals surface area contributed by atoms with Crippen LogP contribution in [0.15, 0.2) is 0 Å². The van der Waals surface area contributed by atoms with E-state index in [1.807, 2.05) is 4.90 Å². The van der Waals surface area contributed by atoms with E-state index in [0.29, 0.717) is 30.7 Å². The fraction of sp³-hybridized carbons (Fsp3) is 0.625. The van der Waals surface area contributed by atoms with Gasteiger partial charge in [0.2, 0.25) is 5.91 Å². The predicted molar refractivity (Wildman–Crippen MR) is 60.9 cm³/mol. The van der Waals surface area contributed by atoms with Crippen molar-refractivity contribution >= 4 is 35.1 Å². The fourth-order valence-electron chi connectivity index (χ4n) is 1.59. The average molecular weight is 263 g/mol. The van der Waals surface area contributed by atoms with Gasteiger partial charge in [-0.2, -0.15) is 8.75 Å². The van der Waals surface area contributed by atoms with Crippen molar-refractivity contribution in [1.82, 2.24) is 14.1 Å². The third-order valence-electron chi connectivity index (χ3n) is 2.38. The van der Waals surface area contributed by atoms with Crippen LogP contribution >= 0.6 is 23.3 Å². The topological polar surface area (TPSA) is 67.3 Å². The van der Waals surface area contributed by atoms with E-state index in [1.165, 1.54) is 0 Å². The van der Waals surface area contributed by atoms with Crippen LogP contribution in [0.5, 0.6) is 0 Å². The Hall–Kier alpha value is -0.920. The summed E-state index contributed by atoms with van der Waals surface area (Å²) in [7, 11) is 1.59. The van der Waals surface area contributed by atoms with Crippen molar-refractivity contribution in [3.8, 4) is 0 Å². The summed E-state index contributed by atoms with van der Waals surface area (Å²) in [6.07, 6.45) is 0. The second-order valence-electron chi connectivity index (χ2n) is 3.28. The molecule has 0 aromatic carbocycles. The maximum atomic E-state index is 11.7. The molecule has 0 bridgehead atoms. The van der Waals surface area contributed by atoms with Crippen molar-refractivity contribution in [3.05, 3.63) is 5.15 Å². The molecule has 1 aliphatic heterocycles. The van der Waals surface area contributed by atoms with Crippen molar-refractivity contribution < 1.29 is 9.53 Å². The second-order valence-corrected chi connectivity index (χ2v) is 4.16. The summed E-state index contributed by atoms with van der Waals surface area (Å²) in [5.74, 6) is 0.451. The molecule has 0 spiro atoms. The summed E-state index contributed by atoms with van der Waals surface area (Å²) in [5.41, 5.74) is 0. The molecule has 2 heterocycles. The standard InChI is InChI=1S/C8H11ClN4O2S/c1-10-8(14)5-4-15-3-2-13(5)7-6(9)11-16-12-7/h5H,2-4H2,1H3,(H,10,14). The molecular weight excluding hydrogens is 252 g/mol. The fourth-order valence-corrected chi connectivity index (χ4v) is 2.34. The van der Waals surface area contributed by atoms with Crippen molar-refractivity contribution in [2.24, 2.45) is 0 Å². The van der Waals surface area contributed by atoms with E-state index in [9.17, 15) is 4.79 Å². The minimum absolute atomic E-state index is 0.108. The van der Waals surface area contributed by atoms with Crippen LogP contribution in [0.25, 0.3) is 0 Å². The average Bonchev–Trinajstić information content (AvgIpc) is 2.74. The molecule has 1 amide bonds. The highest BCUT2D eigenvalue weighted by Gasteiger charge is 2.31. The predicted octanol–water partition coefficient (Wildman–Crippen LogP) is 0.143. The van der Waals surface area contributed by atoms with Crippen LogP contribution in [0.2, 0.25) is 5.15 Å². The lowest BCUT2D eigenvalue weighted by atomic mass is 10.2. The number of nitrogens with zero attached hydrogens (tertiary/aromatic N) is 3. The first-order valence-corrected chi connectivity index (χ1v) is 5.89. The Kier molecular flexibility index (Phi) is 3.57. The van der Waals surface area contributed by atoms with E-state index < -0.39 is 0 Å². The van der Waals surface area contributed by atoms with Gasteiger partial charge in [0.1, 0.15) is 6.04 Å². The number of halogens is 1. The van der Waals surface area contributed by atoms with E-state index in [1.54, 1.807) is 7.05 Å². The highest BCUT2D eigenvalue weighted by atomic mass is 35.5. The van der Waals surface area contributed by atoms with Gasteiger partial charge in [-0.15, -0.1) is 0 Å². The van der Waals surface area contributed by atoms with Gasteiger partial charge in [0.25, 0.3) is 0 Å². The monoisotopic (exact) mass is 262 g/mol. The Balaban J connectivity index is 2.23. The largest absolute Gasteiger partial charge is 0.377 e. The van der Waals surface area contributed by atoms with Crippen molar-refractivity contribution in [3.63, 3.8) is 0 Å². The molecular formula is C8H11ClN4O2S. The minimum Gasteiger partial charge on any atom is -0.377 e. The van der Waals surface area contributed by atoms with Crippen LogP contribution in [0.3, 0.4) is 0 Å². The Morgan fingerprint density at radius 3 is 3.12 bits per heavy atom. The molecule has 16 heavy (non-hydrogen) atoms. The first kappa shape index (κ1) is 11.6. The minimum atomic E-state index is -0.389. The van der Waals surface area contributed by atoms with E-state index in [4.69, 9.17) is 16.3 Å². The maximum absolute atomic E-state index is 11.7. The van der Waals surface area contributed by atoms with Crippen molar-refractivity contribution in [1.29, 1.82) is 0 Å². The van der Waals surface area contributed by atoms with Gasteiger partial charge in [0, 0.05) is 13.6 Å². The first-order chi connectivity index (χ1) is 7.74. The van der Waals surface area contributed by atoms with Gasteiger partial charge < -0.3 is 15.0 Å². The first-order valence-electron chi connectivity index (χ1n) is 4.78. The lowest BCUT2D eigenvalue weighted by molar-refractivity contribution is -0.124. The molecule has 1 fully saturated rings. The number of amides is 1. The molecule has 0 aliphatic carbocycles. The van der Waals surface area contributed by atoms with Crippen molar-refractivity contribution in [2.45, 2.75) is 6.04 Å². The third-order valence-corrected chi connectivity index (χ3v) is 3.25. The van der Waals surface area contributed by atoms with Gasteiger partial charge in [0.15, 0.2) is 11.0 Å². The van der Waals surface area contributed by atoms with Crippen LogP contribution < -0.4 is 10.2 Å². The summed E-state index contributed by atoms with van der Waals surface area (Å²) < 4.78 is 13.3. The van der Waals surface area contributed by atoms with Gasteiger partial charge in [-0.1, -0.05) is 11.6 Å². The van der Waals surface area contributed by atoms with Crippen LogP contribution in [-0.2, 0) is 9.53 Å². The zero-order valence-corrected chi connectivity index (χ0v) is 10.2. The lowest BCUT2D eigenvalue weighted by Gasteiger charge is -2.34. The molecule has 1 unspecified atom stereocenters. The van der Waals surface area contributed by atoms with E-state index >= 15 is 0 Å². The summed E-state index contributed by atoms with van der Waals surface area (Å²) in [4.78, 5) is 13.5. The van der Waals surface area contributed by atoms with Gasteiger partial charge in [-0.05, 0) is 0 Å². The third kappa shape index (κ3) is 2.11. The van der Waals surface area contributed by atoms with Gasteiger partial charge >= 0.3 is 0 Å². The quantitative estimate of drug-likeness (QED) is 0.821. The Morgan fingerprint density at radius 1 is 1.69 bits per heavy atom. The zero-order valence-electron chi connectivity index (χ0n) is 8.64. The molecule has 1 aromatic heterocycles. The SMILES string of the molecule is CNC(=O)C1COCCN1c1nsnc1Cl. The van der Waals surface area contributed by atoms with Gasteiger partial charge in [-0.25, -0.2) is 0 Å². The molecule has 6 nitrogen and oxygen atoms in total. The number of hydrogen-bond acceptors (Lipinski definition) is 6. The lowest BCUT2D eigenvalue weighted by Crippen LogP contribution is -2.53. The smallest absolute Gasteiger partial charge is 0.244 e. The molecule has 1 atom stereocenters. The normalized spacial score (nSPS) is 20.9. The molecule has 88 valence electrons. The number of anilines is 1. The molecule has 8 heteroatoms. The number of likely N-dealkylation sites (N-methyl/N-ethyl adjacent to an activating group) is 1. The molecule has 1 aromatic rings. The Labute approximate surface area is 102 Å². The van der Waals surface area contributed by atoms with Crippen LogP contribution in [0, 0.1) is 0 Å².